The quantitative estimate of drug-likeness (QED) is 0.267. The van der Waals surface area contributed by atoms with E-state index in [4.69, 9.17) is 9.15 Å². The molecule has 1 aromatic heterocycles. The summed E-state index contributed by atoms with van der Waals surface area (Å²) in [6, 6.07) is 18.6. The molecule has 4 rings (SSSR count). The number of benzene rings is 2. The van der Waals surface area contributed by atoms with Gasteiger partial charge in [-0.25, -0.2) is 4.98 Å². The highest BCUT2D eigenvalue weighted by atomic mass is 127. The van der Waals surface area contributed by atoms with Gasteiger partial charge in [0.1, 0.15) is 6.26 Å². The number of aromatic nitrogens is 1. The van der Waals surface area contributed by atoms with Gasteiger partial charge in [0.05, 0.1) is 25.5 Å². The van der Waals surface area contributed by atoms with Gasteiger partial charge in [0.15, 0.2) is 5.96 Å². The minimum Gasteiger partial charge on any atom is -0.444 e. The summed E-state index contributed by atoms with van der Waals surface area (Å²) in [5.74, 6) is 1.35. The average Bonchev–Trinajstić information content (AvgIpc) is 3.30. The van der Waals surface area contributed by atoms with Crippen LogP contribution in [0.5, 0.6) is 0 Å². The lowest BCUT2D eigenvalue weighted by molar-refractivity contribution is 0.0342. The summed E-state index contributed by atoms with van der Waals surface area (Å²) in [6.07, 6.45) is 1.68. The van der Waals surface area contributed by atoms with E-state index in [9.17, 15) is 0 Å². The number of aliphatic imine (C=N–C) groups is 1. The van der Waals surface area contributed by atoms with Crippen molar-refractivity contribution >= 4 is 29.9 Å². The van der Waals surface area contributed by atoms with Crippen molar-refractivity contribution in [3.8, 4) is 11.5 Å². The van der Waals surface area contributed by atoms with Crippen LogP contribution in [0.4, 0.5) is 0 Å². The highest BCUT2D eigenvalue weighted by Crippen LogP contribution is 2.17. The SMILES string of the molecule is CN=C(NCc1cccc(CN2CCOCC2)c1)NCc1coc(-c2ccccc2)n1.I. The number of hydrogen-bond donors (Lipinski definition) is 2. The molecule has 0 bridgehead atoms. The van der Waals surface area contributed by atoms with Gasteiger partial charge in [0, 0.05) is 38.8 Å². The Morgan fingerprint density at radius 2 is 1.75 bits per heavy atom. The zero-order chi connectivity index (χ0) is 21.3. The number of oxazole rings is 1. The second kappa shape index (κ2) is 12.6. The molecule has 3 aromatic rings. The lowest BCUT2D eigenvalue weighted by Gasteiger charge is -2.26. The largest absolute Gasteiger partial charge is 0.444 e. The van der Waals surface area contributed by atoms with Gasteiger partial charge in [-0.05, 0) is 23.3 Å². The standard InChI is InChI=1S/C24H29N5O2.HI/c1-25-24(27-16-22-18-31-23(28-22)21-8-3-2-4-9-21)26-15-19-6-5-7-20(14-19)17-29-10-12-30-13-11-29;/h2-9,14,18H,10-13,15-17H2,1H3,(H2,25,26,27);1H. The molecule has 1 aliphatic rings. The van der Waals surface area contributed by atoms with E-state index in [0.29, 0.717) is 19.0 Å². The molecule has 0 atom stereocenters. The molecular formula is C24H30IN5O2. The first-order valence-electron chi connectivity index (χ1n) is 10.6. The third kappa shape index (κ3) is 7.04. The van der Waals surface area contributed by atoms with Crippen LogP contribution in [0, 0.1) is 0 Å². The number of morpholine rings is 1. The van der Waals surface area contributed by atoms with E-state index in [-0.39, 0.29) is 24.0 Å². The van der Waals surface area contributed by atoms with E-state index in [1.165, 1.54) is 11.1 Å². The first kappa shape index (κ1) is 24.2. The van der Waals surface area contributed by atoms with E-state index < -0.39 is 0 Å². The molecule has 0 radical (unpaired) electrons. The van der Waals surface area contributed by atoms with Gasteiger partial charge >= 0.3 is 0 Å². The molecule has 7 nitrogen and oxygen atoms in total. The van der Waals surface area contributed by atoms with Crippen LogP contribution in [-0.4, -0.2) is 49.2 Å². The molecule has 2 N–H and O–H groups in total. The van der Waals surface area contributed by atoms with E-state index in [1.54, 1.807) is 13.3 Å². The maximum Gasteiger partial charge on any atom is 0.226 e. The Morgan fingerprint density at radius 3 is 2.53 bits per heavy atom. The molecule has 0 spiro atoms. The second-order valence-electron chi connectivity index (χ2n) is 7.50. The number of guanidine groups is 1. The predicted octanol–water partition coefficient (Wildman–Crippen LogP) is 3.66. The van der Waals surface area contributed by atoms with E-state index in [0.717, 1.165) is 50.1 Å². The van der Waals surface area contributed by atoms with Crippen LogP contribution in [0.2, 0.25) is 0 Å². The van der Waals surface area contributed by atoms with Crippen molar-refractivity contribution < 1.29 is 9.15 Å². The van der Waals surface area contributed by atoms with Crippen LogP contribution in [0.3, 0.4) is 0 Å². The Labute approximate surface area is 206 Å². The Kier molecular flexibility index (Phi) is 9.51. The maximum atomic E-state index is 5.60. The van der Waals surface area contributed by atoms with Crippen molar-refractivity contribution in [2.24, 2.45) is 4.99 Å². The average molecular weight is 547 g/mol. The molecular weight excluding hydrogens is 517 g/mol. The molecule has 8 heteroatoms. The second-order valence-corrected chi connectivity index (χ2v) is 7.50. The lowest BCUT2D eigenvalue weighted by atomic mass is 10.1. The third-order valence-corrected chi connectivity index (χ3v) is 5.19. The Morgan fingerprint density at radius 1 is 1.00 bits per heavy atom. The maximum absolute atomic E-state index is 5.60. The number of hydrogen-bond acceptors (Lipinski definition) is 5. The minimum atomic E-state index is 0. The Bertz CT molecular complexity index is 987. The van der Waals surface area contributed by atoms with Crippen molar-refractivity contribution in [3.05, 3.63) is 77.7 Å². The monoisotopic (exact) mass is 547 g/mol. The van der Waals surface area contributed by atoms with E-state index >= 15 is 0 Å². The summed E-state index contributed by atoms with van der Waals surface area (Å²) in [5.41, 5.74) is 4.34. The van der Waals surface area contributed by atoms with Crippen molar-refractivity contribution in [2.45, 2.75) is 19.6 Å². The van der Waals surface area contributed by atoms with Crippen molar-refractivity contribution in [1.29, 1.82) is 0 Å². The molecule has 2 aromatic carbocycles. The van der Waals surface area contributed by atoms with Gasteiger partial charge in [-0.2, -0.15) is 0 Å². The fourth-order valence-corrected chi connectivity index (χ4v) is 3.54. The fraction of sp³-hybridized carbons (Fsp3) is 0.333. The van der Waals surface area contributed by atoms with Crippen LogP contribution in [0.15, 0.2) is 70.3 Å². The molecule has 1 saturated heterocycles. The van der Waals surface area contributed by atoms with Gasteiger partial charge in [0.2, 0.25) is 5.89 Å². The van der Waals surface area contributed by atoms with Gasteiger partial charge in [-0.1, -0.05) is 42.5 Å². The van der Waals surface area contributed by atoms with E-state index in [2.05, 4.69) is 49.8 Å². The minimum absolute atomic E-state index is 0. The first-order valence-corrected chi connectivity index (χ1v) is 10.6. The third-order valence-electron chi connectivity index (χ3n) is 5.19. The number of nitrogens with one attached hydrogen (secondary N) is 2. The molecule has 0 saturated carbocycles. The molecule has 1 aliphatic heterocycles. The van der Waals surface area contributed by atoms with Gasteiger partial charge in [-0.15, -0.1) is 24.0 Å². The van der Waals surface area contributed by atoms with Crippen LogP contribution in [-0.2, 0) is 24.4 Å². The van der Waals surface area contributed by atoms with Crippen molar-refractivity contribution in [1.82, 2.24) is 20.5 Å². The summed E-state index contributed by atoms with van der Waals surface area (Å²) >= 11 is 0. The van der Waals surface area contributed by atoms with Crippen LogP contribution >= 0.6 is 24.0 Å². The normalized spacial score (nSPS) is 14.6. The number of ether oxygens (including phenoxy) is 1. The van der Waals surface area contributed by atoms with Gasteiger partial charge in [-0.3, -0.25) is 9.89 Å². The number of halogens is 1. The number of nitrogens with zero attached hydrogens (tertiary/aromatic N) is 3. The Balaban J connectivity index is 0.00000289. The van der Waals surface area contributed by atoms with Crippen LogP contribution < -0.4 is 10.6 Å². The highest BCUT2D eigenvalue weighted by molar-refractivity contribution is 14.0. The summed E-state index contributed by atoms with van der Waals surface area (Å²) in [5, 5.41) is 6.67. The van der Waals surface area contributed by atoms with Gasteiger partial charge in [0.25, 0.3) is 0 Å². The summed E-state index contributed by atoms with van der Waals surface area (Å²) < 4.78 is 11.0. The Hall–Kier alpha value is -2.43. The summed E-state index contributed by atoms with van der Waals surface area (Å²) in [4.78, 5) is 11.3. The van der Waals surface area contributed by atoms with Crippen LogP contribution in [0.25, 0.3) is 11.5 Å². The predicted molar refractivity (Wildman–Crippen MR) is 137 cm³/mol. The topological polar surface area (TPSA) is 74.9 Å². The molecule has 0 aliphatic carbocycles. The molecule has 2 heterocycles. The number of rotatable bonds is 7. The zero-order valence-electron chi connectivity index (χ0n) is 18.3. The van der Waals surface area contributed by atoms with Crippen molar-refractivity contribution in [2.75, 3.05) is 33.4 Å². The molecule has 0 unspecified atom stereocenters. The van der Waals surface area contributed by atoms with Crippen molar-refractivity contribution in [3.63, 3.8) is 0 Å². The molecule has 1 fully saturated rings. The molecule has 32 heavy (non-hydrogen) atoms. The summed E-state index contributed by atoms with van der Waals surface area (Å²) in [7, 11) is 1.77. The highest BCUT2D eigenvalue weighted by Gasteiger charge is 2.11. The first-order chi connectivity index (χ1) is 15.3. The molecule has 0 amide bonds. The fourth-order valence-electron chi connectivity index (χ4n) is 3.54. The zero-order valence-corrected chi connectivity index (χ0v) is 20.6. The van der Waals surface area contributed by atoms with Gasteiger partial charge < -0.3 is 19.8 Å². The lowest BCUT2D eigenvalue weighted by Crippen LogP contribution is -2.36. The summed E-state index contributed by atoms with van der Waals surface area (Å²) in [6.45, 7) is 5.82. The smallest absolute Gasteiger partial charge is 0.226 e. The van der Waals surface area contributed by atoms with E-state index in [1.807, 2.05) is 30.3 Å². The van der Waals surface area contributed by atoms with Crippen LogP contribution in [0.1, 0.15) is 16.8 Å². The molecule has 170 valence electrons.